The number of aromatic carboxylic acids is 1. The van der Waals surface area contributed by atoms with Crippen molar-refractivity contribution in [1.82, 2.24) is 15.1 Å². The molecule has 0 saturated heterocycles. The summed E-state index contributed by atoms with van der Waals surface area (Å²) >= 11 is 0. The van der Waals surface area contributed by atoms with Gasteiger partial charge in [0.05, 0.1) is 11.3 Å². The van der Waals surface area contributed by atoms with E-state index in [9.17, 15) is 9.59 Å². The van der Waals surface area contributed by atoms with Crippen molar-refractivity contribution in [2.45, 2.75) is 13.3 Å². The van der Waals surface area contributed by atoms with E-state index in [4.69, 9.17) is 5.11 Å². The van der Waals surface area contributed by atoms with Crippen molar-refractivity contribution in [2.24, 2.45) is 7.05 Å². The van der Waals surface area contributed by atoms with E-state index in [1.54, 1.807) is 42.1 Å². The molecule has 0 atom stereocenters. The fraction of sp³-hybridized carbons (Fsp3) is 0.267. The lowest BCUT2D eigenvalue weighted by Crippen LogP contribution is -2.27. The topological polar surface area (TPSA) is 84.2 Å². The number of nitrogens with one attached hydrogen (secondary N) is 1. The van der Waals surface area contributed by atoms with Gasteiger partial charge in [-0.15, -0.1) is 0 Å². The number of carboxylic acid groups (broad SMARTS) is 1. The summed E-state index contributed by atoms with van der Waals surface area (Å²) in [7, 11) is 1.73. The first-order valence-electron chi connectivity index (χ1n) is 6.58. The van der Waals surface area contributed by atoms with Crippen molar-refractivity contribution in [3.05, 3.63) is 52.8 Å². The van der Waals surface area contributed by atoms with Crippen LogP contribution in [-0.4, -0.2) is 33.3 Å². The van der Waals surface area contributed by atoms with E-state index in [-0.39, 0.29) is 11.5 Å². The number of aryl methyl sites for hydroxylation is 2. The molecular weight excluding hydrogens is 270 g/mol. The summed E-state index contributed by atoms with van der Waals surface area (Å²) in [5.41, 5.74) is 2.55. The first kappa shape index (κ1) is 14.8. The Morgan fingerprint density at radius 2 is 1.95 bits per heavy atom. The molecule has 2 rings (SSSR count). The Bertz CT molecular complexity index is 659. The number of rotatable bonds is 5. The number of hydrogen-bond acceptors (Lipinski definition) is 3. The Hall–Kier alpha value is -2.63. The van der Waals surface area contributed by atoms with Gasteiger partial charge in [-0.25, -0.2) is 4.79 Å². The van der Waals surface area contributed by atoms with Crippen molar-refractivity contribution in [2.75, 3.05) is 6.54 Å². The number of amides is 1. The van der Waals surface area contributed by atoms with Crippen LogP contribution in [0.3, 0.4) is 0 Å². The quantitative estimate of drug-likeness (QED) is 0.870. The normalized spacial score (nSPS) is 10.4. The average Bonchev–Trinajstić information content (AvgIpc) is 2.78. The Labute approximate surface area is 122 Å². The first-order chi connectivity index (χ1) is 9.97. The molecule has 1 aromatic carbocycles. The summed E-state index contributed by atoms with van der Waals surface area (Å²) in [5, 5.41) is 15.8. The summed E-state index contributed by atoms with van der Waals surface area (Å²) in [4.78, 5) is 22.7. The predicted octanol–water partition coefficient (Wildman–Crippen LogP) is 1.40. The third kappa shape index (κ3) is 3.68. The van der Waals surface area contributed by atoms with E-state index in [1.165, 1.54) is 0 Å². The molecule has 1 amide bonds. The van der Waals surface area contributed by atoms with Crippen molar-refractivity contribution < 1.29 is 14.7 Å². The second-order valence-electron chi connectivity index (χ2n) is 4.80. The van der Waals surface area contributed by atoms with Gasteiger partial charge >= 0.3 is 5.97 Å². The van der Waals surface area contributed by atoms with Gasteiger partial charge in [-0.05, 0) is 37.1 Å². The maximum Gasteiger partial charge on any atom is 0.335 e. The van der Waals surface area contributed by atoms with Crippen LogP contribution in [0.25, 0.3) is 0 Å². The minimum absolute atomic E-state index is 0.166. The lowest BCUT2D eigenvalue weighted by molar-refractivity contribution is 0.0696. The van der Waals surface area contributed by atoms with Gasteiger partial charge in [0.25, 0.3) is 5.91 Å². The largest absolute Gasteiger partial charge is 0.478 e. The minimum atomic E-state index is -0.943. The fourth-order valence-electron chi connectivity index (χ4n) is 2.05. The van der Waals surface area contributed by atoms with E-state index < -0.39 is 5.97 Å². The van der Waals surface area contributed by atoms with Crippen LogP contribution >= 0.6 is 0 Å². The molecule has 2 aromatic rings. The number of carbonyl (C=O) groups excluding carboxylic acids is 1. The fourth-order valence-corrected chi connectivity index (χ4v) is 2.05. The van der Waals surface area contributed by atoms with Crippen LogP contribution in [0.1, 0.15) is 32.1 Å². The minimum Gasteiger partial charge on any atom is -0.478 e. The zero-order valence-electron chi connectivity index (χ0n) is 12.0. The molecule has 0 aliphatic rings. The number of carbonyl (C=O) groups is 2. The summed E-state index contributed by atoms with van der Waals surface area (Å²) in [6.07, 6.45) is 0.641. The third-order valence-corrected chi connectivity index (χ3v) is 3.13. The van der Waals surface area contributed by atoms with E-state index in [0.717, 1.165) is 11.3 Å². The van der Waals surface area contributed by atoms with Crippen LogP contribution < -0.4 is 5.32 Å². The van der Waals surface area contributed by atoms with Gasteiger partial charge in [-0.1, -0.05) is 12.1 Å². The van der Waals surface area contributed by atoms with Crippen molar-refractivity contribution in [1.29, 1.82) is 0 Å². The summed E-state index contributed by atoms with van der Waals surface area (Å²) in [6, 6.07) is 8.36. The van der Waals surface area contributed by atoms with Gasteiger partial charge in [0, 0.05) is 13.6 Å². The number of benzene rings is 1. The molecule has 0 fully saturated rings. The average molecular weight is 287 g/mol. The third-order valence-electron chi connectivity index (χ3n) is 3.13. The molecular formula is C15H17N3O3. The molecule has 6 heteroatoms. The van der Waals surface area contributed by atoms with Crippen LogP contribution in [0.4, 0.5) is 0 Å². The Kier molecular flexibility index (Phi) is 4.37. The second kappa shape index (κ2) is 6.21. The van der Waals surface area contributed by atoms with Gasteiger partial charge in [0.15, 0.2) is 0 Å². The monoisotopic (exact) mass is 287 g/mol. The first-order valence-corrected chi connectivity index (χ1v) is 6.58. The molecule has 1 heterocycles. The zero-order chi connectivity index (χ0) is 15.4. The van der Waals surface area contributed by atoms with E-state index in [1.807, 2.05) is 6.92 Å². The van der Waals surface area contributed by atoms with Crippen LogP contribution in [0.5, 0.6) is 0 Å². The number of aromatic nitrogens is 2. The van der Waals surface area contributed by atoms with Gasteiger partial charge in [-0.2, -0.15) is 5.10 Å². The molecule has 1 aromatic heterocycles. The highest BCUT2D eigenvalue weighted by atomic mass is 16.4. The molecule has 0 spiro atoms. The lowest BCUT2D eigenvalue weighted by atomic mass is 10.1. The van der Waals surface area contributed by atoms with Crippen molar-refractivity contribution in [3.8, 4) is 0 Å². The number of carboxylic acids is 1. The Morgan fingerprint density at radius 3 is 2.48 bits per heavy atom. The molecule has 0 bridgehead atoms. The highest BCUT2D eigenvalue weighted by Gasteiger charge is 2.10. The van der Waals surface area contributed by atoms with Crippen molar-refractivity contribution >= 4 is 11.9 Å². The van der Waals surface area contributed by atoms with Gasteiger partial charge in [0.2, 0.25) is 0 Å². The van der Waals surface area contributed by atoms with Gasteiger partial charge < -0.3 is 10.4 Å². The molecule has 0 aliphatic heterocycles. The zero-order valence-corrected chi connectivity index (χ0v) is 12.0. The summed E-state index contributed by atoms with van der Waals surface area (Å²) in [6.45, 7) is 2.32. The molecule has 0 saturated carbocycles. The van der Waals surface area contributed by atoms with E-state index in [0.29, 0.717) is 18.7 Å². The Balaban J connectivity index is 1.88. The van der Waals surface area contributed by atoms with Crippen LogP contribution in [0, 0.1) is 6.92 Å². The maximum atomic E-state index is 12.0. The highest BCUT2D eigenvalue weighted by molar-refractivity contribution is 5.92. The SMILES string of the molecule is Cc1cc(C(=O)NCCc2ccc(C(=O)O)cc2)n(C)n1. The van der Waals surface area contributed by atoms with Gasteiger partial charge in [-0.3, -0.25) is 9.48 Å². The van der Waals surface area contributed by atoms with Crippen LogP contribution in [0.15, 0.2) is 30.3 Å². The van der Waals surface area contributed by atoms with Crippen LogP contribution in [0.2, 0.25) is 0 Å². The smallest absolute Gasteiger partial charge is 0.335 e. The summed E-state index contributed by atoms with van der Waals surface area (Å²) in [5.74, 6) is -1.11. The van der Waals surface area contributed by atoms with Gasteiger partial charge in [0.1, 0.15) is 5.69 Å². The van der Waals surface area contributed by atoms with Crippen molar-refractivity contribution in [3.63, 3.8) is 0 Å². The molecule has 21 heavy (non-hydrogen) atoms. The number of hydrogen-bond donors (Lipinski definition) is 2. The maximum absolute atomic E-state index is 12.0. The van der Waals surface area contributed by atoms with Crippen LogP contribution in [-0.2, 0) is 13.5 Å². The number of nitrogens with zero attached hydrogens (tertiary/aromatic N) is 2. The molecule has 110 valence electrons. The molecule has 2 N–H and O–H groups in total. The van der Waals surface area contributed by atoms with E-state index >= 15 is 0 Å². The highest BCUT2D eigenvalue weighted by Crippen LogP contribution is 2.05. The standard InChI is InChI=1S/C15H17N3O3/c1-10-9-13(18(2)17-10)14(19)16-8-7-11-3-5-12(6-4-11)15(20)21/h3-6,9H,7-8H2,1-2H3,(H,16,19)(H,20,21). The lowest BCUT2D eigenvalue weighted by Gasteiger charge is -2.06. The summed E-state index contributed by atoms with van der Waals surface area (Å²) < 4.78 is 1.55. The van der Waals surface area contributed by atoms with E-state index in [2.05, 4.69) is 10.4 Å². The molecule has 0 aliphatic carbocycles. The predicted molar refractivity (Wildman–Crippen MR) is 77.4 cm³/mol. The second-order valence-corrected chi connectivity index (χ2v) is 4.80. The molecule has 6 nitrogen and oxygen atoms in total. The Morgan fingerprint density at radius 1 is 1.29 bits per heavy atom. The molecule has 0 unspecified atom stereocenters. The molecule has 0 radical (unpaired) electrons.